The summed E-state index contributed by atoms with van der Waals surface area (Å²) in [5.74, 6) is 0. The minimum Gasteiger partial charge on any atom is -0.360 e. The van der Waals surface area contributed by atoms with Crippen molar-refractivity contribution in [2.45, 2.75) is 13.5 Å². The number of halogens is 2. The highest BCUT2D eigenvalue weighted by Gasteiger charge is 2.21. The molecular weight excluding hydrogens is 315 g/mol. The Hall–Kier alpha value is -1.22. The van der Waals surface area contributed by atoms with Gasteiger partial charge in [0, 0.05) is 16.3 Å². The standard InChI is InChI=1S/C18H20Cl2N2/c1-14-4-2-3-5-18(14)22-10-8-21(9-11-22)13-15-6-7-16(19)12-17(15)20/h2-7,12H,8-11,13H2,1H3/p+1. The zero-order chi connectivity index (χ0) is 15.5. The Morgan fingerprint density at radius 1 is 1.05 bits per heavy atom. The van der Waals surface area contributed by atoms with Gasteiger partial charge in [0.15, 0.2) is 0 Å². The van der Waals surface area contributed by atoms with Crippen molar-refractivity contribution in [2.75, 3.05) is 31.1 Å². The molecule has 1 saturated heterocycles. The summed E-state index contributed by atoms with van der Waals surface area (Å²) in [5.41, 5.74) is 3.91. The van der Waals surface area contributed by atoms with Gasteiger partial charge in [-0.3, -0.25) is 0 Å². The van der Waals surface area contributed by atoms with Gasteiger partial charge in [0.1, 0.15) is 6.54 Å². The smallest absolute Gasteiger partial charge is 0.104 e. The molecule has 3 rings (SSSR count). The molecule has 116 valence electrons. The molecule has 0 radical (unpaired) electrons. The first-order valence-corrected chi connectivity index (χ1v) is 8.47. The molecule has 1 heterocycles. The predicted molar refractivity (Wildman–Crippen MR) is 94.3 cm³/mol. The average molecular weight is 336 g/mol. The highest BCUT2D eigenvalue weighted by atomic mass is 35.5. The molecule has 0 aliphatic carbocycles. The highest BCUT2D eigenvalue weighted by Crippen LogP contribution is 2.21. The zero-order valence-corrected chi connectivity index (χ0v) is 14.3. The number of nitrogens with one attached hydrogen (secondary N) is 1. The Morgan fingerprint density at radius 3 is 2.45 bits per heavy atom. The molecule has 1 aliphatic heterocycles. The quantitative estimate of drug-likeness (QED) is 0.904. The minimum atomic E-state index is 0.702. The predicted octanol–water partition coefficient (Wildman–Crippen LogP) is 3.21. The summed E-state index contributed by atoms with van der Waals surface area (Å²) in [4.78, 5) is 4.07. The van der Waals surface area contributed by atoms with Crippen LogP contribution >= 0.6 is 23.2 Å². The van der Waals surface area contributed by atoms with Crippen molar-refractivity contribution in [3.8, 4) is 0 Å². The van der Waals surface area contributed by atoms with Gasteiger partial charge in [0.25, 0.3) is 0 Å². The van der Waals surface area contributed by atoms with Crippen molar-refractivity contribution >= 4 is 28.9 Å². The third-order valence-electron chi connectivity index (χ3n) is 4.38. The van der Waals surface area contributed by atoms with E-state index < -0.39 is 0 Å². The Labute approximate surface area is 142 Å². The molecular formula is C18H21Cl2N2+. The van der Waals surface area contributed by atoms with Crippen LogP contribution in [-0.4, -0.2) is 26.2 Å². The number of anilines is 1. The molecule has 2 aromatic rings. The Bertz CT molecular complexity index is 649. The van der Waals surface area contributed by atoms with E-state index in [2.05, 4.69) is 36.1 Å². The first kappa shape index (κ1) is 15.7. The van der Waals surface area contributed by atoms with E-state index in [1.165, 1.54) is 16.8 Å². The van der Waals surface area contributed by atoms with Crippen LogP contribution in [0.25, 0.3) is 0 Å². The Balaban J connectivity index is 1.61. The van der Waals surface area contributed by atoms with Crippen LogP contribution < -0.4 is 9.80 Å². The average Bonchev–Trinajstić information content (AvgIpc) is 2.51. The summed E-state index contributed by atoms with van der Waals surface area (Å²) in [7, 11) is 0. The lowest BCUT2D eigenvalue weighted by Crippen LogP contribution is -3.13. The molecule has 1 N–H and O–H groups in total. The number of hydrogen-bond donors (Lipinski definition) is 1. The molecule has 4 heteroatoms. The summed E-state index contributed by atoms with van der Waals surface area (Å²) in [6.07, 6.45) is 0. The largest absolute Gasteiger partial charge is 0.360 e. The monoisotopic (exact) mass is 335 g/mol. The number of piperazine rings is 1. The molecule has 1 aliphatic rings. The maximum Gasteiger partial charge on any atom is 0.104 e. The fourth-order valence-electron chi connectivity index (χ4n) is 3.09. The molecule has 0 bridgehead atoms. The molecule has 0 amide bonds. The third kappa shape index (κ3) is 3.57. The number of quaternary nitrogens is 1. The van der Waals surface area contributed by atoms with Crippen LogP contribution in [0, 0.1) is 6.92 Å². The summed E-state index contributed by atoms with van der Waals surface area (Å²) in [5, 5.41) is 1.48. The molecule has 22 heavy (non-hydrogen) atoms. The third-order valence-corrected chi connectivity index (χ3v) is 4.97. The molecule has 0 aromatic heterocycles. The molecule has 2 nitrogen and oxygen atoms in total. The van der Waals surface area contributed by atoms with Crippen LogP contribution in [0.5, 0.6) is 0 Å². The van der Waals surface area contributed by atoms with Crippen LogP contribution in [0.4, 0.5) is 5.69 Å². The van der Waals surface area contributed by atoms with Gasteiger partial charge in [0.2, 0.25) is 0 Å². The van der Waals surface area contributed by atoms with Gasteiger partial charge in [-0.2, -0.15) is 0 Å². The molecule has 0 saturated carbocycles. The number of rotatable bonds is 3. The number of hydrogen-bond acceptors (Lipinski definition) is 1. The lowest BCUT2D eigenvalue weighted by Gasteiger charge is -2.34. The van der Waals surface area contributed by atoms with E-state index in [9.17, 15) is 0 Å². The van der Waals surface area contributed by atoms with Crippen LogP contribution in [0.2, 0.25) is 10.0 Å². The second kappa shape index (κ2) is 6.91. The fraction of sp³-hybridized carbons (Fsp3) is 0.333. The van der Waals surface area contributed by atoms with Crippen molar-refractivity contribution in [3.05, 3.63) is 63.6 Å². The molecule has 1 fully saturated rings. The van der Waals surface area contributed by atoms with Crippen molar-refractivity contribution in [1.82, 2.24) is 0 Å². The highest BCUT2D eigenvalue weighted by molar-refractivity contribution is 6.35. The summed E-state index contributed by atoms with van der Waals surface area (Å²) in [6, 6.07) is 14.4. The number of nitrogens with zero attached hydrogens (tertiary/aromatic N) is 1. The van der Waals surface area contributed by atoms with E-state index in [0.29, 0.717) is 5.02 Å². The van der Waals surface area contributed by atoms with Crippen molar-refractivity contribution < 1.29 is 4.90 Å². The SMILES string of the molecule is Cc1ccccc1N1CC[NH+](Cc2ccc(Cl)cc2Cl)CC1. The van der Waals surface area contributed by atoms with E-state index in [1.54, 1.807) is 4.90 Å². The molecule has 0 atom stereocenters. The molecule has 0 spiro atoms. The van der Waals surface area contributed by atoms with Gasteiger partial charge in [-0.25, -0.2) is 0 Å². The summed E-state index contributed by atoms with van der Waals surface area (Å²) >= 11 is 12.2. The summed E-state index contributed by atoms with van der Waals surface area (Å²) < 4.78 is 0. The number of aryl methyl sites for hydroxylation is 1. The van der Waals surface area contributed by atoms with Crippen LogP contribution in [-0.2, 0) is 6.54 Å². The van der Waals surface area contributed by atoms with Gasteiger partial charge in [0.05, 0.1) is 31.2 Å². The van der Waals surface area contributed by atoms with E-state index in [1.807, 2.05) is 18.2 Å². The van der Waals surface area contributed by atoms with E-state index in [-0.39, 0.29) is 0 Å². The van der Waals surface area contributed by atoms with Gasteiger partial charge in [-0.05, 0) is 30.7 Å². The van der Waals surface area contributed by atoms with Crippen molar-refractivity contribution in [3.63, 3.8) is 0 Å². The van der Waals surface area contributed by atoms with Crippen molar-refractivity contribution in [1.29, 1.82) is 0 Å². The lowest BCUT2D eigenvalue weighted by molar-refractivity contribution is -0.914. The second-order valence-corrected chi connectivity index (χ2v) is 6.78. The first-order valence-electron chi connectivity index (χ1n) is 7.71. The normalized spacial score (nSPS) is 16.0. The second-order valence-electron chi connectivity index (χ2n) is 5.94. The number of benzene rings is 2. The van der Waals surface area contributed by atoms with Crippen LogP contribution in [0.3, 0.4) is 0 Å². The molecule has 0 unspecified atom stereocenters. The van der Waals surface area contributed by atoms with Gasteiger partial charge in [-0.1, -0.05) is 47.5 Å². The minimum absolute atomic E-state index is 0.702. The summed E-state index contributed by atoms with van der Waals surface area (Å²) in [6.45, 7) is 7.59. The first-order chi connectivity index (χ1) is 10.6. The van der Waals surface area contributed by atoms with E-state index in [0.717, 1.165) is 37.7 Å². The van der Waals surface area contributed by atoms with Crippen LogP contribution in [0.1, 0.15) is 11.1 Å². The van der Waals surface area contributed by atoms with Gasteiger partial charge in [-0.15, -0.1) is 0 Å². The van der Waals surface area contributed by atoms with E-state index in [4.69, 9.17) is 23.2 Å². The lowest BCUT2D eigenvalue weighted by atomic mass is 10.1. The van der Waals surface area contributed by atoms with Gasteiger partial charge >= 0.3 is 0 Å². The van der Waals surface area contributed by atoms with Crippen molar-refractivity contribution in [2.24, 2.45) is 0 Å². The maximum absolute atomic E-state index is 6.29. The zero-order valence-electron chi connectivity index (χ0n) is 12.8. The maximum atomic E-state index is 6.29. The van der Waals surface area contributed by atoms with Crippen LogP contribution in [0.15, 0.2) is 42.5 Å². The molecule has 2 aromatic carbocycles. The van der Waals surface area contributed by atoms with Gasteiger partial charge < -0.3 is 9.80 Å². The fourth-order valence-corrected chi connectivity index (χ4v) is 3.57. The number of para-hydroxylation sites is 1. The van der Waals surface area contributed by atoms with E-state index >= 15 is 0 Å². The Morgan fingerprint density at radius 2 is 1.77 bits per heavy atom. The Kier molecular flexibility index (Phi) is 4.92. The topological polar surface area (TPSA) is 7.68 Å².